The van der Waals surface area contributed by atoms with E-state index in [1.54, 1.807) is 12.1 Å². The van der Waals surface area contributed by atoms with E-state index >= 15 is 9.18 Å². The monoisotopic (exact) mass is 763 g/mol. The third kappa shape index (κ3) is 9.29. The van der Waals surface area contributed by atoms with Crippen LogP contribution in [0.3, 0.4) is 0 Å². The van der Waals surface area contributed by atoms with Crippen LogP contribution in [0.1, 0.15) is 63.2 Å². The summed E-state index contributed by atoms with van der Waals surface area (Å²) in [6.45, 7) is -8.44. The summed E-state index contributed by atoms with van der Waals surface area (Å²) in [6.07, 6.45) is -6.88. The molecule has 1 fully saturated rings. The largest absolute Gasteiger partial charge is 0.416 e. The molecule has 1 atom stereocenters. The number of carbonyl (C=O) groups is 1. The molecule has 2 aliphatic heterocycles. The maximum Gasteiger partial charge on any atom is 0.416 e. The molecule has 0 bridgehead atoms. The number of aliphatic hydroxyl groups excluding tert-OH is 1. The minimum atomic E-state index is -4.57. The van der Waals surface area contributed by atoms with E-state index < -0.39 is 119 Å². The molecule has 0 radical (unpaired) electrons. The molecule has 2 heterocycles. The number of aliphatic hydroxyl groups is 1. The summed E-state index contributed by atoms with van der Waals surface area (Å²) in [5.41, 5.74) is -4.99. The van der Waals surface area contributed by atoms with Crippen LogP contribution in [0.25, 0.3) is 11.1 Å². The lowest BCUT2D eigenvalue weighted by Crippen LogP contribution is -2.50. The fourth-order valence-corrected chi connectivity index (χ4v) is 6.65. The summed E-state index contributed by atoms with van der Waals surface area (Å²) in [7, 11) is 0.994. The predicted octanol–water partition coefficient (Wildman–Crippen LogP) is 8.73. The van der Waals surface area contributed by atoms with Gasteiger partial charge in [-0.3, -0.25) is 4.79 Å². The summed E-state index contributed by atoms with van der Waals surface area (Å²) < 4.78 is 180. The molecule has 12 heteroatoms. The van der Waals surface area contributed by atoms with Crippen LogP contribution in [0.2, 0.25) is 0 Å². The van der Waals surface area contributed by atoms with E-state index in [1.165, 1.54) is 31.2 Å². The van der Waals surface area contributed by atoms with Crippen molar-refractivity contribution in [2.45, 2.75) is 50.3 Å². The van der Waals surface area contributed by atoms with Crippen LogP contribution in [0, 0.1) is 18.6 Å². The van der Waals surface area contributed by atoms with Crippen molar-refractivity contribution in [1.29, 1.82) is 0 Å². The maximum atomic E-state index is 15.2. The zero-order valence-corrected chi connectivity index (χ0v) is 29.3. The van der Waals surface area contributed by atoms with Gasteiger partial charge in [0.15, 0.2) is 11.6 Å². The van der Waals surface area contributed by atoms with Crippen molar-refractivity contribution in [3.63, 3.8) is 0 Å². The quantitative estimate of drug-likeness (QED) is 0.146. The van der Waals surface area contributed by atoms with Crippen LogP contribution in [-0.2, 0) is 28.0 Å². The Morgan fingerprint density at radius 2 is 1.72 bits per heavy atom. The first-order valence-electron chi connectivity index (χ1n) is 22.4. The Morgan fingerprint density at radius 1 is 1.04 bits per heavy atom. The van der Waals surface area contributed by atoms with Gasteiger partial charge >= 0.3 is 6.18 Å². The SMILES string of the molecule is [2H]C1=C(SC([2H])([2H])c2cccc(F)c2F)N(C([2H])([2H])C(=O)N(Cc2ccc(-c3ccc(C(F)(F)F)cc3)cc2)C2CCN(C([2H])([2H])C([2H])([2H])OC)CC2)c2c([2H])c([2H])c(C)c([2H])c2C1O. The zero-order valence-electron chi connectivity index (χ0n) is 40.4. The Hall–Kier alpha value is -4.23. The number of hydrogen-bond acceptors (Lipinski definition) is 6. The second-order valence-corrected chi connectivity index (χ2v) is 13.0. The Balaban J connectivity index is 1.46. The van der Waals surface area contributed by atoms with Crippen LogP contribution in [-0.4, -0.2) is 66.6 Å². The van der Waals surface area contributed by atoms with Gasteiger partial charge in [0, 0.05) is 67.3 Å². The first-order valence-corrected chi connectivity index (χ1v) is 17.2. The molecule has 1 N–H and O–H groups in total. The highest BCUT2D eigenvalue weighted by Crippen LogP contribution is 2.41. The highest BCUT2D eigenvalue weighted by atomic mass is 32.2. The number of piperidine rings is 1. The van der Waals surface area contributed by atoms with Gasteiger partial charge in [0.25, 0.3) is 0 Å². The lowest BCUT2D eigenvalue weighted by Gasteiger charge is -2.40. The first-order chi connectivity index (χ1) is 30.1. The molecule has 2 aliphatic rings. The first kappa shape index (κ1) is 25.7. The lowest BCUT2D eigenvalue weighted by molar-refractivity contribution is -0.137. The molecule has 0 saturated carbocycles. The topological polar surface area (TPSA) is 56.3 Å². The van der Waals surface area contributed by atoms with Gasteiger partial charge in [0.2, 0.25) is 5.91 Å². The van der Waals surface area contributed by atoms with Crippen LogP contribution < -0.4 is 4.90 Å². The van der Waals surface area contributed by atoms with E-state index in [-0.39, 0.29) is 43.3 Å². The van der Waals surface area contributed by atoms with Crippen LogP contribution in [0.5, 0.6) is 0 Å². The molecule has 280 valence electrons. The van der Waals surface area contributed by atoms with Gasteiger partial charge in [0.05, 0.1) is 28.1 Å². The second kappa shape index (κ2) is 16.8. The molecule has 1 unspecified atom stereocenters. The van der Waals surface area contributed by atoms with Crippen molar-refractivity contribution in [3.8, 4) is 11.1 Å². The minimum Gasteiger partial charge on any atom is -0.384 e. The van der Waals surface area contributed by atoms with Crippen molar-refractivity contribution in [1.82, 2.24) is 9.80 Å². The number of methoxy groups -OCH3 is 1. The number of ether oxygens (including phenoxy) is 1. The molecule has 0 aliphatic carbocycles. The summed E-state index contributed by atoms with van der Waals surface area (Å²) >= 11 is -0.0783. The third-order valence-corrected chi connectivity index (χ3v) is 9.46. The number of likely N-dealkylation sites (tertiary alicyclic amines) is 1. The predicted molar refractivity (Wildman–Crippen MR) is 198 cm³/mol. The average molecular weight is 764 g/mol. The number of thioether (sulfide) groups is 1. The maximum absolute atomic E-state index is 15.2. The molecule has 1 saturated heterocycles. The smallest absolute Gasteiger partial charge is 0.384 e. The van der Waals surface area contributed by atoms with E-state index in [0.717, 1.165) is 47.2 Å². The van der Waals surface area contributed by atoms with Gasteiger partial charge in [-0.1, -0.05) is 66.2 Å². The Morgan fingerprint density at radius 3 is 2.38 bits per heavy atom. The molecular formula is C41H42F5N3O3S. The third-order valence-electron chi connectivity index (χ3n) is 8.65. The number of anilines is 1. The summed E-state index contributed by atoms with van der Waals surface area (Å²) in [5, 5.41) is 10.6. The van der Waals surface area contributed by atoms with Gasteiger partial charge in [-0.15, -0.1) is 11.8 Å². The number of fused-ring (bicyclic) bond motifs is 1. The Kier molecular flexibility index (Phi) is 8.18. The van der Waals surface area contributed by atoms with Crippen molar-refractivity contribution < 1.29 is 53.0 Å². The molecule has 6 nitrogen and oxygen atoms in total. The zero-order chi connectivity index (χ0) is 48.4. The Labute approximate surface area is 327 Å². The number of amides is 1. The van der Waals surface area contributed by atoms with Crippen LogP contribution >= 0.6 is 11.8 Å². The second-order valence-electron chi connectivity index (χ2n) is 12.2. The van der Waals surface area contributed by atoms with Crippen molar-refractivity contribution in [2.24, 2.45) is 0 Å². The molecule has 4 aromatic rings. The van der Waals surface area contributed by atoms with Gasteiger partial charge in [-0.25, -0.2) is 8.78 Å². The minimum absolute atomic E-state index is 0.0783. The van der Waals surface area contributed by atoms with E-state index in [0.29, 0.717) is 21.6 Å². The van der Waals surface area contributed by atoms with Gasteiger partial charge < -0.3 is 24.5 Å². The summed E-state index contributed by atoms with van der Waals surface area (Å²) in [4.78, 5) is 17.9. The number of benzene rings is 4. The van der Waals surface area contributed by atoms with Crippen LogP contribution in [0.15, 0.2) is 95.9 Å². The normalized spacial score (nSPS) is 21.3. The van der Waals surface area contributed by atoms with Crippen molar-refractivity contribution in [2.75, 3.05) is 44.7 Å². The Bertz CT molecular complexity index is 2490. The fourth-order valence-electron chi connectivity index (χ4n) is 5.89. The number of hydrogen-bond donors (Lipinski definition) is 1. The van der Waals surface area contributed by atoms with E-state index in [1.807, 2.05) is 0 Å². The summed E-state index contributed by atoms with van der Waals surface area (Å²) in [6, 6.07) is 9.22. The molecular weight excluding hydrogens is 710 g/mol. The highest BCUT2D eigenvalue weighted by molar-refractivity contribution is 8.02. The van der Waals surface area contributed by atoms with Gasteiger partial charge in [-0.2, -0.15) is 13.2 Å². The molecule has 1 amide bonds. The van der Waals surface area contributed by atoms with E-state index in [9.17, 15) is 25.4 Å². The number of nitrogens with zero attached hydrogens (tertiary/aromatic N) is 3. The molecule has 6 rings (SSSR count). The molecule has 4 aromatic carbocycles. The molecule has 53 heavy (non-hydrogen) atoms. The van der Waals surface area contributed by atoms with Crippen molar-refractivity contribution in [3.05, 3.63) is 135 Å². The van der Waals surface area contributed by atoms with Crippen LogP contribution in [0.4, 0.5) is 27.6 Å². The fraction of sp³-hybridized carbons (Fsp3) is 0.341. The number of halogens is 5. The van der Waals surface area contributed by atoms with E-state index in [2.05, 4.69) is 0 Å². The highest BCUT2D eigenvalue weighted by Gasteiger charge is 2.33. The summed E-state index contributed by atoms with van der Waals surface area (Å²) in [5.74, 6) is -4.46. The molecule has 0 aromatic heterocycles. The number of alkyl halides is 3. The number of rotatable bonds is 12. The number of carbonyl (C=O) groups excluding carboxylic acids is 1. The standard InChI is InChI=1S/C41H42F5N3O3S/c1-27-6-15-36-34(22-27)37(50)23-39(53-26-31-4-3-5-35(42)40(31)43)49(36)25-38(51)48(33-16-18-47(19-17-33)20-21-52-2)24-28-7-9-29(10-8-28)30-11-13-32(14-12-30)41(44,45)46/h3-15,22-23,33,37,50H,16-21,24-26H2,1-2H3/i6D,15D,20D2,21D2,22D,23D,25D2,26D2. The lowest BCUT2D eigenvalue weighted by atomic mass is 9.99. The van der Waals surface area contributed by atoms with Crippen molar-refractivity contribution >= 4 is 23.4 Å². The van der Waals surface area contributed by atoms with E-state index in [4.69, 9.17) is 18.4 Å². The van der Waals surface area contributed by atoms with Gasteiger partial charge in [-0.05, 0) is 66.7 Å². The average Bonchev–Trinajstić information content (AvgIpc) is 3.26. The molecule has 0 spiro atoms. The van der Waals surface area contributed by atoms with Gasteiger partial charge in [0.1, 0.15) is 12.6 Å².